The number of hydrogen-bond donors (Lipinski definition) is 1. The zero-order chi connectivity index (χ0) is 20.8. The number of amides is 1. The number of ether oxygens (including phenoxy) is 1. The fraction of sp³-hybridized carbons (Fsp3) is 0.273. The molecule has 0 spiro atoms. The standard InChI is InChI=1S/C22H23ClN4O2S/c23-18-1-4-20(5-2-18)29-15-22(28)25-19-3-6-21(24-13-19)27-10-8-26(9-11-27)14-17-7-12-30-16-17/h1-7,12-13,16H,8-11,14-15H2,(H,25,28). The van der Waals surface area contributed by atoms with Crippen molar-refractivity contribution in [3.63, 3.8) is 0 Å². The Bertz CT molecular complexity index is 940. The number of pyridine rings is 1. The Balaban J connectivity index is 1.23. The third-order valence-electron chi connectivity index (χ3n) is 4.90. The smallest absolute Gasteiger partial charge is 0.262 e. The largest absolute Gasteiger partial charge is 0.484 e. The first-order chi connectivity index (χ1) is 14.7. The first-order valence-electron chi connectivity index (χ1n) is 9.78. The van der Waals surface area contributed by atoms with E-state index < -0.39 is 0 Å². The molecule has 0 atom stereocenters. The monoisotopic (exact) mass is 442 g/mol. The minimum absolute atomic E-state index is 0.0739. The van der Waals surface area contributed by atoms with Crippen molar-refractivity contribution in [2.24, 2.45) is 0 Å². The second-order valence-electron chi connectivity index (χ2n) is 7.09. The summed E-state index contributed by atoms with van der Waals surface area (Å²) in [6.45, 7) is 4.84. The quantitative estimate of drug-likeness (QED) is 0.596. The molecule has 156 valence electrons. The van der Waals surface area contributed by atoms with E-state index in [0.29, 0.717) is 16.5 Å². The summed E-state index contributed by atoms with van der Waals surface area (Å²) in [7, 11) is 0. The van der Waals surface area contributed by atoms with Gasteiger partial charge < -0.3 is 15.0 Å². The Labute approximate surface area is 185 Å². The van der Waals surface area contributed by atoms with Gasteiger partial charge in [0.05, 0.1) is 11.9 Å². The zero-order valence-electron chi connectivity index (χ0n) is 16.5. The van der Waals surface area contributed by atoms with E-state index in [1.54, 1.807) is 41.8 Å². The number of nitrogens with one attached hydrogen (secondary N) is 1. The van der Waals surface area contributed by atoms with Crippen LogP contribution in [0.25, 0.3) is 0 Å². The molecule has 3 aromatic rings. The number of hydrogen-bond acceptors (Lipinski definition) is 6. The third-order valence-corrected chi connectivity index (χ3v) is 5.88. The van der Waals surface area contributed by atoms with E-state index in [1.165, 1.54) is 5.56 Å². The van der Waals surface area contributed by atoms with Crippen molar-refractivity contribution < 1.29 is 9.53 Å². The summed E-state index contributed by atoms with van der Waals surface area (Å²) in [5.41, 5.74) is 2.03. The topological polar surface area (TPSA) is 57.7 Å². The molecule has 0 bridgehead atoms. The summed E-state index contributed by atoms with van der Waals surface area (Å²) >= 11 is 7.58. The maximum atomic E-state index is 12.1. The van der Waals surface area contributed by atoms with Crippen LogP contribution < -0.4 is 15.0 Å². The van der Waals surface area contributed by atoms with Crippen LogP contribution in [-0.2, 0) is 11.3 Å². The van der Waals surface area contributed by atoms with Gasteiger partial charge in [-0.15, -0.1) is 0 Å². The van der Waals surface area contributed by atoms with E-state index in [4.69, 9.17) is 16.3 Å². The molecule has 4 rings (SSSR count). The summed E-state index contributed by atoms with van der Waals surface area (Å²) in [6, 6.07) is 12.9. The number of nitrogens with zero attached hydrogens (tertiary/aromatic N) is 3. The van der Waals surface area contributed by atoms with Crippen molar-refractivity contribution in [2.75, 3.05) is 43.0 Å². The van der Waals surface area contributed by atoms with Gasteiger partial charge in [0, 0.05) is 37.7 Å². The number of anilines is 2. The number of thiophene rings is 1. The van der Waals surface area contributed by atoms with Gasteiger partial charge in [-0.05, 0) is 58.8 Å². The maximum absolute atomic E-state index is 12.1. The third kappa shape index (κ3) is 5.72. The van der Waals surface area contributed by atoms with Gasteiger partial charge in [-0.3, -0.25) is 9.69 Å². The van der Waals surface area contributed by atoms with E-state index in [-0.39, 0.29) is 12.5 Å². The van der Waals surface area contributed by atoms with E-state index in [2.05, 4.69) is 36.9 Å². The molecule has 0 aliphatic carbocycles. The highest BCUT2D eigenvalue weighted by Crippen LogP contribution is 2.18. The number of carbonyl (C=O) groups excluding carboxylic acids is 1. The average molecular weight is 443 g/mol. The molecule has 1 N–H and O–H groups in total. The lowest BCUT2D eigenvalue weighted by Gasteiger charge is -2.35. The lowest BCUT2D eigenvalue weighted by atomic mass is 10.2. The van der Waals surface area contributed by atoms with Crippen molar-refractivity contribution in [3.8, 4) is 5.75 Å². The van der Waals surface area contributed by atoms with E-state index >= 15 is 0 Å². The molecule has 1 saturated heterocycles. The van der Waals surface area contributed by atoms with Crippen LogP contribution in [0.15, 0.2) is 59.4 Å². The van der Waals surface area contributed by atoms with Gasteiger partial charge in [0.1, 0.15) is 11.6 Å². The molecule has 1 fully saturated rings. The zero-order valence-corrected chi connectivity index (χ0v) is 18.0. The van der Waals surface area contributed by atoms with E-state index in [0.717, 1.165) is 38.5 Å². The molecule has 1 amide bonds. The van der Waals surface area contributed by atoms with Crippen molar-refractivity contribution in [1.82, 2.24) is 9.88 Å². The SMILES string of the molecule is O=C(COc1ccc(Cl)cc1)Nc1ccc(N2CCN(Cc3ccsc3)CC2)nc1. The lowest BCUT2D eigenvalue weighted by Crippen LogP contribution is -2.46. The second kappa shape index (κ2) is 9.93. The van der Waals surface area contributed by atoms with Crippen LogP contribution in [0.5, 0.6) is 5.75 Å². The molecular formula is C22H23ClN4O2S. The predicted octanol–water partition coefficient (Wildman–Crippen LogP) is 4.14. The van der Waals surface area contributed by atoms with Gasteiger partial charge in [-0.25, -0.2) is 4.98 Å². The van der Waals surface area contributed by atoms with E-state index in [9.17, 15) is 4.79 Å². The number of piperazine rings is 1. The van der Waals surface area contributed by atoms with Crippen molar-refractivity contribution in [2.45, 2.75) is 6.54 Å². The maximum Gasteiger partial charge on any atom is 0.262 e. The molecule has 1 aliphatic heterocycles. The van der Waals surface area contributed by atoms with Crippen LogP contribution in [0.2, 0.25) is 5.02 Å². The summed E-state index contributed by atoms with van der Waals surface area (Å²) in [4.78, 5) is 21.4. The minimum Gasteiger partial charge on any atom is -0.484 e. The number of benzene rings is 1. The molecule has 3 heterocycles. The number of aromatic nitrogens is 1. The van der Waals surface area contributed by atoms with Gasteiger partial charge >= 0.3 is 0 Å². The van der Waals surface area contributed by atoms with Crippen LogP contribution in [0.1, 0.15) is 5.56 Å². The van der Waals surface area contributed by atoms with Gasteiger partial charge in [-0.2, -0.15) is 11.3 Å². The van der Waals surface area contributed by atoms with E-state index in [1.807, 2.05) is 12.1 Å². The van der Waals surface area contributed by atoms with Crippen LogP contribution >= 0.6 is 22.9 Å². The minimum atomic E-state index is -0.235. The van der Waals surface area contributed by atoms with Crippen molar-refractivity contribution in [1.29, 1.82) is 0 Å². The van der Waals surface area contributed by atoms with Crippen molar-refractivity contribution >= 4 is 40.4 Å². The Kier molecular flexibility index (Phi) is 6.84. The molecule has 30 heavy (non-hydrogen) atoms. The molecule has 0 radical (unpaired) electrons. The molecule has 1 aliphatic rings. The lowest BCUT2D eigenvalue weighted by molar-refractivity contribution is -0.118. The van der Waals surface area contributed by atoms with Crippen LogP contribution in [0.4, 0.5) is 11.5 Å². The molecule has 8 heteroatoms. The first-order valence-corrected chi connectivity index (χ1v) is 11.1. The predicted molar refractivity (Wildman–Crippen MR) is 122 cm³/mol. The summed E-state index contributed by atoms with van der Waals surface area (Å²) in [6.07, 6.45) is 1.69. The highest BCUT2D eigenvalue weighted by atomic mass is 35.5. The molecule has 6 nitrogen and oxygen atoms in total. The molecule has 0 saturated carbocycles. The second-order valence-corrected chi connectivity index (χ2v) is 8.31. The fourth-order valence-electron chi connectivity index (χ4n) is 3.30. The normalized spacial score (nSPS) is 14.5. The van der Waals surface area contributed by atoms with Crippen LogP contribution in [-0.4, -0.2) is 48.6 Å². The fourth-order valence-corrected chi connectivity index (χ4v) is 4.09. The van der Waals surface area contributed by atoms with Crippen LogP contribution in [0.3, 0.4) is 0 Å². The van der Waals surface area contributed by atoms with Crippen molar-refractivity contribution in [3.05, 3.63) is 70.0 Å². The molecule has 2 aromatic heterocycles. The Morgan fingerprint density at radius 1 is 1.10 bits per heavy atom. The summed E-state index contributed by atoms with van der Waals surface area (Å²) in [5, 5.41) is 7.77. The van der Waals surface area contributed by atoms with Gasteiger partial charge in [0.2, 0.25) is 0 Å². The van der Waals surface area contributed by atoms with Crippen LogP contribution in [0, 0.1) is 0 Å². The number of halogens is 1. The summed E-state index contributed by atoms with van der Waals surface area (Å²) in [5.74, 6) is 1.29. The van der Waals surface area contributed by atoms with Gasteiger partial charge in [-0.1, -0.05) is 11.6 Å². The van der Waals surface area contributed by atoms with Gasteiger partial charge in [0.25, 0.3) is 5.91 Å². The average Bonchev–Trinajstić information content (AvgIpc) is 3.28. The Morgan fingerprint density at radius 3 is 2.57 bits per heavy atom. The number of carbonyl (C=O) groups is 1. The highest BCUT2D eigenvalue weighted by Gasteiger charge is 2.18. The van der Waals surface area contributed by atoms with Gasteiger partial charge in [0.15, 0.2) is 6.61 Å². The molecule has 1 aromatic carbocycles. The molecule has 0 unspecified atom stereocenters. The summed E-state index contributed by atoms with van der Waals surface area (Å²) < 4.78 is 5.46. The Hall–Kier alpha value is -2.61. The molecular weight excluding hydrogens is 420 g/mol. The first kappa shape index (κ1) is 20.7. The highest BCUT2D eigenvalue weighted by molar-refractivity contribution is 7.07. The Morgan fingerprint density at radius 2 is 1.90 bits per heavy atom. The number of rotatable bonds is 7.